The van der Waals surface area contributed by atoms with Gasteiger partial charge >= 0.3 is 12.3 Å². The standard InChI is InChI=1S/C13H20F4N2O4S/c1-2-18-3-4-19(10-7-24(21,22)6-9(10)18)11(20)5-23-8-13(16,17)12(14)15/h9-10,12H,2-8H2,1H3/t9-,10+/m0/s1. The van der Waals surface area contributed by atoms with Crippen molar-refractivity contribution in [3.63, 3.8) is 0 Å². The maximum atomic E-state index is 12.8. The summed E-state index contributed by atoms with van der Waals surface area (Å²) in [4.78, 5) is 15.4. The number of piperazine rings is 1. The Morgan fingerprint density at radius 2 is 1.88 bits per heavy atom. The number of likely N-dealkylation sites (N-methyl/N-ethyl adjacent to an activating group) is 1. The topological polar surface area (TPSA) is 66.9 Å². The van der Waals surface area contributed by atoms with E-state index in [1.165, 1.54) is 4.90 Å². The van der Waals surface area contributed by atoms with Gasteiger partial charge in [0.2, 0.25) is 5.91 Å². The number of hydrogen-bond donors (Lipinski definition) is 0. The van der Waals surface area contributed by atoms with Crippen LogP contribution in [0.15, 0.2) is 0 Å². The molecule has 0 saturated carbocycles. The van der Waals surface area contributed by atoms with Gasteiger partial charge in [-0.15, -0.1) is 0 Å². The molecule has 0 radical (unpaired) electrons. The molecular weight excluding hydrogens is 356 g/mol. The summed E-state index contributed by atoms with van der Waals surface area (Å²) in [5.41, 5.74) is 0. The average molecular weight is 376 g/mol. The van der Waals surface area contributed by atoms with Crippen LogP contribution in [0.3, 0.4) is 0 Å². The summed E-state index contributed by atoms with van der Waals surface area (Å²) in [5.74, 6) is -5.23. The molecule has 0 aromatic heterocycles. The Balaban J connectivity index is 1.97. The third-order valence-electron chi connectivity index (χ3n) is 4.36. The highest BCUT2D eigenvalue weighted by molar-refractivity contribution is 7.91. The molecule has 2 saturated heterocycles. The molecule has 24 heavy (non-hydrogen) atoms. The van der Waals surface area contributed by atoms with Crippen molar-refractivity contribution in [2.24, 2.45) is 0 Å². The van der Waals surface area contributed by atoms with Gasteiger partial charge in [-0.05, 0) is 6.54 Å². The maximum absolute atomic E-state index is 12.8. The van der Waals surface area contributed by atoms with Crippen LogP contribution in [0.2, 0.25) is 0 Å². The minimum absolute atomic E-state index is 0.0560. The molecule has 0 aromatic carbocycles. The fourth-order valence-corrected chi connectivity index (χ4v) is 5.16. The fraction of sp³-hybridized carbons (Fsp3) is 0.923. The van der Waals surface area contributed by atoms with E-state index in [0.717, 1.165) is 0 Å². The Bertz CT molecular complexity index is 572. The first kappa shape index (κ1) is 19.4. The predicted molar refractivity (Wildman–Crippen MR) is 77.0 cm³/mol. The molecule has 2 rings (SSSR count). The molecule has 140 valence electrons. The van der Waals surface area contributed by atoms with Gasteiger partial charge in [-0.3, -0.25) is 9.69 Å². The maximum Gasteiger partial charge on any atom is 0.330 e. The number of fused-ring (bicyclic) bond motifs is 1. The first-order valence-corrected chi connectivity index (χ1v) is 9.37. The number of ether oxygens (including phenoxy) is 1. The van der Waals surface area contributed by atoms with Gasteiger partial charge in [0, 0.05) is 19.1 Å². The van der Waals surface area contributed by atoms with Crippen molar-refractivity contribution in [1.29, 1.82) is 0 Å². The number of carbonyl (C=O) groups excluding carboxylic acids is 1. The molecule has 2 aliphatic heterocycles. The van der Waals surface area contributed by atoms with Crippen LogP contribution in [0.5, 0.6) is 0 Å². The van der Waals surface area contributed by atoms with Crippen LogP contribution in [0.25, 0.3) is 0 Å². The number of hydrogen-bond acceptors (Lipinski definition) is 5. The van der Waals surface area contributed by atoms with Crippen molar-refractivity contribution in [3.05, 3.63) is 0 Å². The Kier molecular flexibility index (Phi) is 5.75. The van der Waals surface area contributed by atoms with E-state index in [0.29, 0.717) is 13.1 Å². The van der Waals surface area contributed by atoms with Crippen molar-refractivity contribution in [3.8, 4) is 0 Å². The molecular formula is C13H20F4N2O4S. The second kappa shape index (κ2) is 7.12. The van der Waals surface area contributed by atoms with E-state index in [1.54, 1.807) is 0 Å². The van der Waals surface area contributed by atoms with E-state index in [2.05, 4.69) is 4.74 Å². The van der Waals surface area contributed by atoms with E-state index >= 15 is 0 Å². The number of halogens is 4. The second-order valence-electron chi connectivity index (χ2n) is 5.98. The normalized spacial score (nSPS) is 27.5. The van der Waals surface area contributed by atoms with E-state index in [-0.39, 0.29) is 24.1 Å². The fourth-order valence-electron chi connectivity index (χ4n) is 3.15. The van der Waals surface area contributed by atoms with Crippen molar-refractivity contribution >= 4 is 15.7 Å². The van der Waals surface area contributed by atoms with Crippen LogP contribution >= 0.6 is 0 Å². The van der Waals surface area contributed by atoms with Crippen LogP contribution in [0.4, 0.5) is 17.6 Å². The summed E-state index contributed by atoms with van der Waals surface area (Å²) in [6.45, 7) is 0.893. The lowest BCUT2D eigenvalue weighted by molar-refractivity contribution is -0.172. The summed E-state index contributed by atoms with van der Waals surface area (Å²) in [7, 11) is -3.29. The number of rotatable bonds is 6. The van der Waals surface area contributed by atoms with E-state index in [1.807, 2.05) is 11.8 Å². The van der Waals surface area contributed by atoms with Crippen molar-refractivity contribution < 1.29 is 35.5 Å². The van der Waals surface area contributed by atoms with E-state index < -0.39 is 47.3 Å². The molecule has 0 unspecified atom stereocenters. The number of amides is 1. The monoisotopic (exact) mass is 376 g/mol. The summed E-state index contributed by atoms with van der Waals surface area (Å²) < 4.78 is 77.8. The van der Waals surface area contributed by atoms with Crippen LogP contribution in [0.1, 0.15) is 6.92 Å². The Morgan fingerprint density at radius 1 is 1.25 bits per heavy atom. The molecule has 0 bridgehead atoms. The molecule has 2 aliphatic rings. The van der Waals surface area contributed by atoms with Gasteiger partial charge in [0.25, 0.3) is 0 Å². The molecule has 0 aliphatic carbocycles. The van der Waals surface area contributed by atoms with Gasteiger partial charge in [-0.25, -0.2) is 17.2 Å². The van der Waals surface area contributed by atoms with Gasteiger partial charge in [-0.1, -0.05) is 6.92 Å². The van der Waals surface area contributed by atoms with Crippen molar-refractivity contribution in [2.45, 2.75) is 31.4 Å². The zero-order valence-electron chi connectivity index (χ0n) is 13.1. The van der Waals surface area contributed by atoms with Gasteiger partial charge < -0.3 is 9.64 Å². The Morgan fingerprint density at radius 3 is 2.46 bits per heavy atom. The highest BCUT2D eigenvalue weighted by atomic mass is 32.2. The van der Waals surface area contributed by atoms with Crippen LogP contribution in [0, 0.1) is 0 Å². The molecule has 2 atom stereocenters. The molecule has 2 heterocycles. The third kappa shape index (κ3) is 4.17. The molecule has 2 fully saturated rings. The summed E-state index contributed by atoms with van der Waals surface area (Å²) in [6.07, 6.45) is -3.87. The zero-order valence-corrected chi connectivity index (χ0v) is 13.9. The minimum atomic E-state index is -4.32. The molecule has 1 amide bonds. The SMILES string of the molecule is CCN1CCN(C(=O)COCC(F)(F)C(F)F)[C@@H]2CS(=O)(=O)C[C@@H]21. The molecule has 0 spiro atoms. The lowest BCUT2D eigenvalue weighted by Gasteiger charge is -2.43. The van der Waals surface area contributed by atoms with E-state index in [4.69, 9.17) is 0 Å². The summed E-state index contributed by atoms with van der Waals surface area (Å²) >= 11 is 0. The number of sulfone groups is 1. The molecule has 0 aromatic rings. The van der Waals surface area contributed by atoms with Crippen LogP contribution in [-0.2, 0) is 19.4 Å². The van der Waals surface area contributed by atoms with Crippen LogP contribution in [-0.4, -0.2) is 92.9 Å². The smallest absolute Gasteiger partial charge is 0.330 e. The summed E-state index contributed by atoms with van der Waals surface area (Å²) in [6, 6.07) is -0.893. The van der Waals surface area contributed by atoms with Crippen molar-refractivity contribution in [1.82, 2.24) is 9.80 Å². The third-order valence-corrected chi connectivity index (χ3v) is 6.06. The van der Waals surface area contributed by atoms with Crippen molar-refractivity contribution in [2.75, 3.05) is 44.4 Å². The number of nitrogens with zero attached hydrogens (tertiary/aromatic N) is 2. The second-order valence-corrected chi connectivity index (χ2v) is 8.14. The largest absolute Gasteiger partial charge is 0.365 e. The molecule has 0 N–H and O–H groups in total. The number of alkyl halides is 4. The highest BCUT2D eigenvalue weighted by Crippen LogP contribution is 2.27. The summed E-state index contributed by atoms with van der Waals surface area (Å²) in [5, 5.41) is 0. The quantitative estimate of drug-likeness (QED) is 0.621. The molecule has 6 nitrogen and oxygen atoms in total. The predicted octanol–water partition coefficient (Wildman–Crippen LogP) is 0.233. The molecule has 11 heteroatoms. The number of carbonyl (C=O) groups is 1. The first-order valence-electron chi connectivity index (χ1n) is 7.55. The highest BCUT2D eigenvalue weighted by Gasteiger charge is 2.47. The zero-order chi connectivity index (χ0) is 18.1. The van der Waals surface area contributed by atoms with Crippen LogP contribution < -0.4 is 0 Å². The first-order chi connectivity index (χ1) is 11.1. The Hall–Kier alpha value is -0.940. The van der Waals surface area contributed by atoms with E-state index in [9.17, 15) is 30.8 Å². The lowest BCUT2D eigenvalue weighted by atomic mass is 10.0. The van der Waals surface area contributed by atoms with Gasteiger partial charge in [0.05, 0.1) is 17.5 Å². The minimum Gasteiger partial charge on any atom is -0.365 e. The average Bonchev–Trinajstić information content (AvgIpc) is 2.80. The van der Waals surface area contributed by atoms with Gasteiger partial charge in [0.1, 0.15) is 13.2 Å². The Labute approximate surface area is 137 Å². The van der Waals surface area contributed by atoms with Gasteiger partial charge in [-0.2, -0.15) is 8.78 Å². The van der Waals surface area contributed by atoms with Gasteiger partial charge in [0.15, 0.2) is 9.84 Å². The lowest BCUT2D eigenvalue weighted by Crippen LogP contribution is -2.61.